The normalized spacial score (nSPS) is 15.8. The van der Waals surface area contributed by atoms with Crippen LogP contribution in [0.1, 0.15) is 35.4 Å². The van der Waals surface area contributed by atoms with Gasteiger partial charge in [0.05, 0.1) is 17.8 Å². The number of imidazole rings is 1. The van der Waals surface area contributed by atoms with Crippen LogP contribution in [0.25, 0.3) is 5.65 Å². The van der Waals surface area contributed by atoms with Crippen molar-refractivity contribution in [3.05, 3.63) is 71.2 Å². The van der Waals surface area contributed by atoms with Crippen LogP contribution in [0.3, 0.4) is 0 Å². The molecule has 0 bridgehead atoms. The van der Waals surface area contributed by atoms with Crippen molar-refractivity contribution in [1.82, 2.24) is 19.6 Å². The minimum Gasteiger partial charge on any atom is -0.353 e. The molecule has 5 nitrogen and oxygen atoms in total. The van der Waals surface area contributed by atoms with Crippen LogP contribution in [0.4, 0.5) is 0 Å². The Morgan fingerprint density at radius 3 is 2.61 bits per heavy atom. The van der Waals surface area contributed by atoms with Gasteiger partial charge in [0.15, 0.2) is 0 Å². The molecule has 3 aromatic rings. The van der Waals surface area contributed by atoms with Crippen LogP contribution in [0, 0.1) is 13.8 Å². The van der Waals surface area contributed by atoms with Crippen LogP contribution >= 0.6 is 0 Å². The molecule has 1 aromatic carbocycles. The van der Waals surface area contributed by atoms with E-state index in [0.717, 1.165) is 55.1 Å². The summed E-state index contributed by atoms with van der Waals surface area (Å²) < 4.78 is 2.05. The van der Waals surface area contributed by atoms with Gasteiger partial charge in [0.25, 0.3) is 0 Å². The number of fused-ring (bicyclic) bond motifs is 1. The van der Waals surface area contributed by atoms with Crippen molar-refractivity contribution in [2.45, 2.75) is 45.7 Å². The fourth-order valence-corrected chi connectivity index (χ4v) is 4.09. The predicted octanol–water partition coefficient (Wildman–Crippen LogP) is 3.27. The molecule has 0 spiro atoms. The second-order valence-electron chi connectivity index (χ2n) is 7.81. The molecule has 3 heterocycles. The molecule has 5 heteroatoms. The van der Waals surface area contributed by atoms with E-state index in [2.05, 4.69) is 58.5 Å². The first kappa shape index (κ1) is 18.7. The molecule has 28 heavy (non-hydrogen) atoms. The summed E-state index contributed by atoms with van der Waals surface area (Å²) in [6.45, 7) is 7.06. The third-order valence-corrected chi connectivity index (χ3v) is 5.67. The topological polar surface area (TPSA) is 49.6 Å². The molecule has 0 aliphatic carbocycles. The molecular weight excluding hydrogens is 348 g/mol. The Kier molecular flexibility index (Phi) is 5.44. The Morgan fingerprint density at radius 1 is 1.11 bits per heavy atom. The Labute approximate surface area is 166 Å². The molecule has 1 fully saturated rings. The summed E-state index contributed by atoms with van der Waals surface area (Å²) >= 11 is 0. The number of rotatable bonds is 5. The van der Waals surface area contributed by atoms with Crippen LogP contribution in [-0.2, 0) is 17.8 Å². The summed E-state index contributed by atoms with van der Waals surface area (Å²) in [4.78, 5) is 19.8. The van der Waals surface area contributed by atoms with E-state index in [9.17, 15) is 4.79 Å². The van der Waals surface area contributed by atoms with Crippen LogP contribution in [0.2, 0.25) is 0 Å². The van der Waals surface area contributed by atoms with Crippen LogP contribution in [-0.4, -0.2) is 39.3 Å². The molecule has 1 amide bonds. The first-order valence-corrected chi connectivity index (χ1v) is 10.1. The number of amides is 1. The Morgan fingerprint density at radius 2 is 1.86 bits per heavy atom. The standard InChI is InChI=1S/C23H28N4O/c1-17-7-6-12-27-21(18(2)24-23(17)27)15-22(28)25-20-10-13-26(14-11-20)16-19-8-4-3-5-9-19/h3-9,12,20H,10-11,13-16H2,1-2H3,(H,25,28). The zero-order chi connectivity index (χ0) is 19.5. The average molecular weight is 377 g/mol. The van der Waals surface area contributed by atoms with Crippen molar-refractivity contribution < 1.29 is 4.79 Å². The van der Waals surface area contributed by atoms with E-state index in [1.807, 2.05) is 23.6 Å². The van der Waals surface area contributed by atoms with E-state index in [1.165, 1.54) is 5.56 Å². The summed E-state index contributed by atoms with van der Waals surface area (Å²) in [5, 5.41) is 3.24. The lowest BCUT2D eigenvalue weighted by molar-refractivity contribution is -0.121. The first-order valence-electron chi connectivity index (χ1n) is 10.1. The van der Waals surface area contributed by atoms with Crippen molar-refractivity contribution >= 4 is 11.6 Å². The van der Waals surface area contributed by atoms with E-state index >= 15 is 0 Å². The van der Waals surface area contributed by atoms with E-state index in [1.54, 1.807) is 0 Å². The third kappa shape index (κ3) is 4.09. The molecule has 1 aliphatic heterocycles. The van der Waals surface area contributed by atoms with Gasteiger partial charge < -0.3 is 9.72 Å². The SMILES string of the molecule is Cc1nc2c(C)cccn2c1CC(=O)NC1CCN(Cc2ccccc2)CC1. The molecule has 0 radical (unpaired) electrons. The highest BCUT2D eigenvalue weighted by Gasteiger charge is 2.22. The maximum Gasteiger partial charge on any atom is 0.226 e. The van der Waals surface area contributed by atoms with Crippen LogP contribution < -0.4 is 5.32 Å². The van der Waals surface area contributed by atoms with Gasteiger partial charge in [-0.3, -0.25) is 9.69 Å². The molecule has 0 saturated carbocycles. The van der Waals surface area contributed by atoms with Gasteiger partial charge in [-0.1, -0.05) is 36.4 Å². The summed E-state index contributed by atoms with van der Waals surface area (Å²) in [5.74, 6) is 0.0907. The number of hydrogen-bond donors (Lipinski definition) is 1. The van der Waals surface area contributed by atoms with E-state index in [0.29, 0.717) is 6.42 Å². The summed E-state index contributed by atoms with van der Waals surface area (Å²) in [5.41, 5.74) is 5.34. The number of nitrogens with one attached hydrogen (secondary N) is 1. The van der Waals surface area contributed by atoms with E-state index < -0.39 is 0 Å². The van der Waals surface area contributed by atoms with E-state index in [4.69, 9.17) is 0 Å². The number of hydrogen-bond acceptors (Lipinski definition) is 3. The van der Waals surface area contributed by atoms with Gasteiger partial charge in [0, 0.05) is 31.9 Å². The number of carbonyl (C=O) groups excluding carboxylic acids is 1. The lowest BCUT2D eigenvalue weighted by atomic mass is 10.0. The van der Waals surface area contributed by atoms with Crippen molar-refractivity contribution in [3.8, 4) is 0 Å². The Balaban J connectivity index is 1.32. The highest BCUT2D eigenvalue weighted by molar-refractivity contribution is 5.79. The summed E-state index contributed by atoms with van der Waals surface area (Å²) in [6.07, 6.45) is 4.38. The van der Waals surface area contributed by atoms with Crippen LogP contribution in [0.15, 0.2) is 48.7 Å². The lowest BCUT2D eigenvalue weighted by Crippen LogP contribution is -2.44. The fraction of sp³-hybridized carbons (Fsp3) is 0.391. The summed E-state index contributed by atoms with van der Waals surface area (Å²) in [7, 11) is 0. The quantitative estimate of drug-likeness (QED) is 0.743. The second-order valence-corrected chi connectivity index (χ2v) is 7.81. The molecule has 4 rings (SSSR count). The monoisotopic (exact) mass is 376 g/mol. The molecule has 146 valence electrons. The molecule has 1 N–H and O–H groups in total. The van der Waals surface area contributed by atoms with Crippen molar-refractivity contribution in [2.75, 3.05) is 13.1 Å². The number of nitrogens with zero attached hydrogens (tertiary/aromatic N) is 3. The highest BCUT2D eigenvalue weighted by atomic mass is 16.1. The number of aryl methyl sites for hydroxylation is 2. The largest absolute Gasteiger partial charge is 0.353 e. The first-order chi connectivity index (χ1) is 13.6. The zero-order valence-electron chi connectivity index (χ0n) is 16.7. The molecule has 0 unspecified atom stereocenters. The van der Waals surface area contributed by atoms with Crippen molar-refractivity contribution in [1.29, 1.82) is 0 Å². The van der Waals surface area contributed by atoms with Gasteiger partial charge in [-0.15, -0.1) is 0 Å². The van der Waals surface area contributed by atoms with Gasteiger partial charge in [-0.2, -0.15) is 0 Å². The molecular formula is C23H28N4O. The van der Waals surface area contributed by atoms with Gasteiger partial charge in [0.2, 0.25) is 5.91 Å². The van der Waals surface area contributed by atoms with Gasteiger partial charge in [-0.05, 0) is 43.9 Å². The zero-order valence-corrected chi connectivity index (χ0v) is 16.7. The number of pyridine rings is 1. The third-order valence-electron chi connectivity index (χ3n) is 5.67. The number of carbonyl (C=O) groups is 1. The minimum atomic E-state index is 0.0907. The number of piperidine rings is 1. The van der Waals surface area contributed by atoms with Gasteiger partial charge in [-0.25, -0.2) is 4.98 Å². The summed E-state index contributed by atoms with van der Waals surface area (Å²) in [6, 6.07) is 14.9. The molecule has 1 aliphatic rings. The minimum absolute atomic E-state index is 0.0907. The van der Waals surface area contributed by atoms with Gasteiger partial charge >= 0.3 is 0 Å². The average Bonchev–Trinajstić information content (AvgIpc) is 3.01. The highest BCUT2D eigenvalue weighted by Crippen LogP contribution is 2.17. The van der Waals surface area contributed by atoms with Crippen LogP contribution in [0.5, 0.6) is 0 Å². The van der Waals surface area contributed by atoms with Gasteiger partial charge in [0.1, 0.15) is 5.65 Å². The number of likely N-dealkylation sites (tertiary alicyclic amines) is 1. The predicted molar refractivity (Wildman–Crippen MR) is 111 cm³/mol. The molecule has 0 atom stereocenters. The fourth-order valence-electron chi connectivity index (χ4n) is 4.09. The number of benzene rings is 1. The second kappa shape index (κ2) is 8.15. The Bertz CT molecular complexity index is 955. The lowest BCUT2D eigenvalue weighted by Gasteiger charge is -2.32. The van der Waals surface area contributed by atoms with Crippen molar-refractivity contribution in [3.63, 3.8) is 0 Å². The Hall–Kier alpha value is -2.66. The maximum absolute atomic E-state index is 12.7. The van der Waals surface area contributed by atoms with Crippen molar-refractivity contribution in [2.24, 2.45) is 0 Å². The van der Waals surface area contributed by atoms with E-state index in [-0.39, 0.29) is 11.9 Å². The smallest absolute Gasteiger partial charge is 0.226 e. The maximum atomic E-state index is 12.7. The molecule has 1 saturated heterocycles. The number of aromatic nitrogens is 2. The molecule has 2 aromatic heterocycles.